The molecule has 0 fully saturated rings. The third kappa shape index (κ3) is 3.22. The van der Waals surface area contributed by atoms with Crippen molar-refractivity contribution in [2.24, 2.45) is 0 Å². The van der Waals surface area contributed by atoms with Crippen LogP contribution in [0, 0.1) is 11.3 Å². The van der Waals surface area contributed by atoms with Crippen LogP contribution in [-0.4, -0.2) is 24.8 Å². The Labute approximate surface area is 115 Å². The summed E-state index contributed by atoms with van der Waals surface area (Å²) in [6.07, 6.45) is 1.54. The van der Waals surface area contributed by atoms with Gasteiger partial charge in [-0.3, -0.25) is 0 Å². The molecule has 0 bridgehead atoms. The highest BCUT2D eigenvalue weighted by Crippen LogP contribution is 2.26. The lowest BCUT2D eigenvalue weighted by atomic mass is 10.1. The van der Waals surface area contributed by atoms with Crippen molar-refractivity contribution in [3.8, 4) is 6.07 Å². The van der Waals surface area contributed by atoms with Gasteiger partial charge in [-0.05, 0) is 32.9 Å². The van der Waals surface area contributed by atoms with Gasteiger partial charge in [-0.25, -0.2) is 8.42 Å². The first-order chi connectivity index (χ1) is 8.75. The SMILES string of the molecule is C=CCN(C(C)(C)C)S(=O)(=O)c1ccccc1C#N. The van der Waals surface area contributed by atoms with Crippen molar-refractivity contribution in [2.45, 2.75) is 31.2 Å². The molecule has 0 unspecified atom stereocenters. The van der Waals surface area contributed by atoms with Gasteiger partial charge >= 0.3 is 0 Å². The normalized spacial score (nSPS) is 12.2. The summed E-state index contributed by atoms with van der Waals surface area (Å²) >= 11 is 0. The molecule has 0 heterocycles. The molecule has 0 aliphatic rings. The van der Waals surface area contributed by atoms with E-state index in [1.807, 2.05) is 26.8 Å². The fourth-order valence-corrected chi connectivity index (χ4v) is 3.65. The van der Waals surface area contributed by atoms with E-state index in [1.165, 1.54) is 22.5 Å². The molecule has 1 rings (SSSR count). The lowest BCUT2D eigenvalue weighted by Gasteiger charge is -2.33. The second-order valence-corrected chi connectivity index (χ2v) is 6.93. The molecule has 0 aromatic heterocycles. The Morgan fingerprint density at radius 2 is 1.95 bits per heavy atom. The van der Waals surface area contributed by atoms with Gasteiger partial charge in [0.15, 0.2) is 0 Å². The molecule has 102 valence electrons. The molecule has 5 heteroatoms. The Balaban J connectivity index is 3.45. The maximum atomic E-state index is 12.7. The summed E-state index contributed by atoms with van der Waals surface area (Å²) in [4.78, 5) is 0.0364. The van der Waals surface area contributed by atoms with Crippen LogP contribution < -0.4 is 0 Å². The number of sulfonamides is 1. The quantitative estimate of drug-likeness (QED) is 0.795. The van der Waals surface area contributed by atoms with E-state index >= 15 is 0 Å². The van der Waals surface area contributed by atoms with E-state index in [0.717, 1.165) is 0 Å². The first kappa shape index (κ1) is 15.4. The minimum Gasteiger partial charge on any atom is -0.207 e. The van der Waals surface area contributed by atoms with Crippen LogP contribution in [0.1, 0.15) is 26.3 Å². The number of rotatable bonds is 4. The molecule has 0 aliphatic heterocycles. The molecular formula is C14H18N2O2S. The van der Waals surface area contributed by atoms with Crippen molar-refractivity contribution in [2.75, 3.05) is 6.54 Å². The van der Waals surface area contributed by atoms with Crippen LogP contribution in [0.2, 0.25) is 0 Å². The van der Waals surface area contributed by atoms with Crippen molar-refractivity contribution in [3.63, 3.8) is 0 Å². The van der Waals surface area contributed by atoms with Crippen LogP contribution in [0.5, 0.6) is 0 Å². The average molecular weight is 278 g/mol. The summed E-state index contributed by atoms with van der Waals surface area (Å²) in [6, 6.07) is 8.13. The summed E-state index contributed by atoms with van der Waals surface area (Å²) in [7, 11) is -3.72. The largest absolute Gasteiger partial charge is 0.245 e. The molecule has 0 atom stereocenters. The van der Waals surface area contributed by atoms with Gasteiger partial charge in [-0.15, -0.1) is 6.58 Å². The van der Waals surface area contributed by atoms with E-state index < -0.39 is 15.6 Å². The van der Waals surface area contributed by atoms with Crippen molar-refractivity contribution in [1.29, 1.82) is 5.26 Å². The first-order valence-corrected chi connectivity index (χ1v) is 7.32. The second-order valence-electron chi connectivity index (χ2n) is 5.10. The summed E-state index contributed by atoms with van der Waals surface area (Å²) in [6.45, 7) is 9.22. The zero-order valence-electron chi connectivity index (χ0n) is 11.4. The highest BCUT2D eigenvalue weighted by Gasteiger charge is 2.34. The summed E-state index contributed by atoms with van der Waals surface area (Å²) in [5.74, 6) is 0. The van der Waals surface area contributed by atoms with E-state index in [1.54, 1.807) is 12.1 Å². The van der Waals surface area contributed by atoms with Crippen LogP contribution >= 0.6 is 0 Å². The summed E-state index contributed by atoms with van der Waals surface area (Å²) in [5, 5.41) is 9.04. The van der Waals surface area contributed by atoms with Gasteiger partial charge in [0.2, 0.25) is 10.0 Å². The Morgan fingerprint density at radius 1 is 1.37 bits per heavy atom. The highest BCUT2D eigenvalue weighted by molar-refractivity contribution is 7.89. The molecule has 0 radical (unpaired) electrons. The van der Waals surface area contributed by atoms with E-state index in [2.05, 4.69) is 6.58 Å². The van der Waals surface area contributed by atoms with Gasteiger partial charge in [0.1, 0.15) is 6.07 Å². The van der Waals surface area contributed by atoms with Gasteiger partial charge in [0, 0.05) is 12.1 Å². The zero-order chi connectivity index (χ0) is 14.7. The predicted octanol–water partition coefficient (Wildman–Crippen LogP) is 2.53. The van der Waals surface area contributed by atoms with E-state index in [9.17, 15) is 8.42 Å². The van der Waals surface area contributed by atoms with Crippen molar-refractivity contribution in [1.82, 2.24) is 4.31 Å². The Morgan fingerprint density at radius 3 is 2.42 bits per heavy atom. The molecular weight excluding hydrogens is 260 g/mol. The monoisotopic (exact) mass is 278 g/mol. The minimum absolute atomic E-state index is 0.0364. The number of benzene rings is 1. The molecule has 0 N–H and O–H groups in total. The predicted molar refractivity (Wildman–Crippen MR) is 75.0 cm³/mol. The van der Waals surface area contributed by atoms with Crippen LogP contribution in [0.15, 0.2) is 41.8 Å². The van der Waals surface area contributed by atoms with Gasteiger partial charge in [0.05, 0.1) is 10.5 Å². The molecule has 0 saturated carbocycles. The van der Waals surface area contributed by atoms with Crippen molar-refractivity contribution in [3.05, 3.63) is 42.5 Å². The van der Waals surface area contributed by atoms with Gasteiger partial charge in [-0.2, -0.15) is 9.57 Å². The van der Waals surface area contributed by atoms with E-state index in [0.29, 0.717) is 0 Å². The first-order valence-electron chi connectivity index (χ1n) is 5.88. The fraction of sp³-hybridized carbons (Fsp3) is 0.357. The topological polar surface area (TPSA) is 61.2 Å². The Kier molecular flexibility index (Phi) is 4.51. The Bertz CT molecular complexity index is 607. The molecule has 0 saturated heterocycles. The lowest BCUT2D eigenvalue weighted by molar-refractivity contribution is 0.270. The standard InChI is InChI=1S/C14H18N2O2S/c1-5-10-16(14(2,3)4)19(17,18)13-9-7-6-8-12(13)11-15/h5-9H,1,10H2,2-4H3. The van der Waals surface area contributed by atoms with Crippen molar-refractivity contribution >= 4 is 10.0 Å². The third-order valence-corrected chi connectivity index (χ3v) is 4.81. The summed E-state index contributed by atoms with van der Waals surface area (Å²) in [5.41, 5.74) is -0.434. The van der Waals surface area contributed by atoms with Crippen molar-refractivity contribution < 1.29 is 8.42 Å². The minimum atomic E-state index is -3.72. The average Bonchev–Trinajstić information content (AvgIpc) is 2.34. The number of nitriles is 1. The van der Waals surface area contributed by atoms with Crippen LogP contribution in [0.25, 0.3) is 0 Å². The molecule has 19 heavy (non-hydrogen) atoms. The Hall–Kier alpha value is -1.64. The van der Waals surface area contributed by atoms with Crippen LogP contribution in [-0.2, 0) is 10.0 Å². The zero-order valence-corrected chi connectivity index (χ0v) is 12.2. The number of nitrogens with zero attached hydrogens (tertiary/aromatic N) is 2. The van der Waals surface area contributed by atoms with Gasteiger partial charge in [0.25, 0.3) is 0 Å². The number of hydrogen-bond donors (Lipinski definition) is 0. The smallest absolute Gasteiger partial charge is 0.207 e. The summed E-state index contributed by atoms with van der Waals surface area (Å²) < 4.78 is 26.7. The lowest BCUT2D eigenvalue weighted by Crippen LogP contribution is -2.45. The fourth-order valence-electron chi connectivity index (χ4n) is 1.75. The highest BCUT2D eigenvalue weighted by atomic mass is 32.2. The van der Waals surface area contributed by atoms with Crippen LogP contribution in [0.4, 0.5) is 0 Å². The molecule has 0 aliphatic carbocycles. The molecule has 0 amide bonds. The molecule has 1 aromatic carbocycles. The van der Waals surface area contributed by atoms with Gasteiger partial charge < -0.3 is 0 Å². The number of hydrogen-bond acceptors (Lipinski definition) is 3. The van der Waals surface area contributed by atoms with E-state index in [-0.39, 0.29) is 17.0 Å². The van der Waals surface area contributed by atoms with Gasteiger partial charge in [-0.1, -0.05) is 18.2 Å². The maximum absolute atomic E-state index is 12.7. The van der Waals surface area contributed by atoms with Crippen LogP contribution in [0.3, 0.4) is 0 Å². The second kappa shape index (κ2) is 5.55. The maximum Gasteiger partial charge on any atom is 0.245 e. The third-order valence-electron chi connectivity index (χ3n) is 2.62. The molecule has 0 spiro atoms. The molecule has 1 aromatic rings. The van der Waals surface area contributed by atoms with E-state index in [4.69, 9.17) is 5.26 Å². The molecule has 4 nitrogen and oxygen atoms in total.